The molecule has 0 aliphatic carbocycles. The molecule has 0 bridgehead atoms. The summed E-state index contributed by atoms with van der Waals surface area (Å²) in [5, 5.41) is 13.5. The second-order valence-corrected chi connectivity index (χ2v) is 12.4. The molecule has 1 aromatic carbocycles. The van der Waals surface area contributed by atoms with Gasteiger partial charge in [0, 0.05) is 6.42 Å². The number of nitrogens with one attached hydrogen (secondary N) is 1. The Kier molecular flexibility index (Phi) is 8.67. The first-order chi connectivity index (χ1) is 19.2. The number of nitrogen functional groups attached to an aromatic ring is 1. The molecule has 13 nitrogen and oxygen atoms in total. The van der Waals surface area contributed by atoms with Crippen molar-refractivity contribution in [3.63, 3.8) is 0 Å². The Morgan fingerprint density at radius 1 is 1.39 bits per heavy atom. The number of esters is 1. The number of terminal acetylenes is 1. The summed E-state index contributed by atoms with van der Waals surface area (Å²) in [5.41, 5.74) is 3.81. The summed E-state index contributed by atoms with van der Waals surface area (Å²) in [7, 11) is -4.33. The smallest absolute Gasteiger partial charge is 0.459 e. The molecule has 15 heteroatoms. The minimum atomic E-state index is -4.33. The zero-order valence-corrected chi connectivity index (χ0v) is 23.9. The molecule has 1 unspecified atom stereocenters. The van der Waals surface area contributed by atoms with Crippen LogP contribution in [0.1, 0.15) is 40.3 Å². The fourth-order valence-corrected chi connectivity index (χ4v) is 5.46. The van der Waals surface area contributed by atoms with Crippen LogP contribution in [0.3, 0.4) is 0 Å². The van der Waals surface area contributed by atoms with Crippen molar-refractivity contribution < 1.29 is 37.4 Å². The van der Waals surface area contributed by atoms with Crippen molar-refractivity contribution in [2.75, 3.05) is 18.9 Å². The van der Waals surface area contributed by atoms with Crippen LogP contribution in [0.25, 0.3) is 11.2 Å². The van der Waals surface area contributed by atoms with Gasteiger partial charge in [0.15, 0.2) is 22.6 Å². The zero-order valence-electron chi connectivity index (χ0n) is 23.0. The largest absolute Gasteiger partial charge is 0.464 e. The van der Waals surface area contributed by atoms with Gasteiger partial charge in [0.2, 0.25) is 0 Å². The van der Waals surface area contributed by atoms with E-state index in [1.807, 2.05) is 20.8 Å². The van der Waals surface area contributed by atoms with Crippen molar-refractivity contribution in [2.24, 2.45) is 5.41 Å². The van der Waals surface area contributed by atoms with E-state index in [1.54, 1.807) is 30.3 Å². The number of carbonyl (C=O) groups excluding carboxylic acids is 1. The minimum absolute atomic E-state index is 0.0308. The maximum absolute atomic E-state index is 13.9. The fraction of sp³-hybridized carbons (Fsp3) is 0.462. The average Bonchev–Trinajstić information content (AvgIpc) is 3.47. The highest BCUT2D eigenvalue weighted by molar-refractivity contribution is 7.52. The maximum atomic E-state index is 13.9. The SMILES string of the molecule is C#C[C@]1(COP(=O)(N[C@@H](C)C(=O)OCC(C)(C)C)Oc2ccccc2)O[C@@H](n2cnc3c(N)nc(F)nc32)C[C@@H]1O. The number of benzene rings is 1. The van der Waals surface area contributed by atoms with Gasteiger partial charge in [-0.1, -0.05) is 44.9 Å². The van der Waals surface area contributed by atoms with Crippen LogP contribution in [0, 0.1) is 23.8 Å². The Bertz CT molecular complexity index is 1490. The summed E-state index contributed by atoms with van der Waals surface area (Å²) in [4.78, 5) is 23.9. The first-order valence-electron chi connectivity index (χ1n) is 12.7. The summed E-state index contributed by atoms with van der Waals surface area (Å²) in [6.07, 6.45) is 3.66. The molecule has 4 N–H and O–H groups in total. The molecular weight excluding hydrogens is 558 g/mol. The number of fused-ring (bicyclic) bond motifs is 1. The normalized spacial score (nSPS) is 23.0. The van der Waals surface area contributed by atoms with Crippen molar-refractivity contribution in [3.8, 4) is 18.1 Å². The summed E-state index contributed by atoms with van der Waals surface area (Å²) < 4.78 is 51.8. The predicted octanol–water partition coefficient (Wildman–Crippen LogP) is 2.97. The first kappa shape index (κ1) is 30.4. The topological polar surface area (TPSA) is 173 Å². The van der Waals surface area contributed by atoms with Gasteiger partial charge in [-0.15, -0.1) is 6.42 Å². The third kappa shape index (κ3) is 7.01. The van der Waals surface area contributed by atoms with E-state index >= 15 is 0 Å². The number of anilines is 1. The molecule has 3 aromatic rings. The van der Waals surface area contributed by atoms with E-state index in [9.17, 15) is 18.9 Å². The molecule has 1 aliphatic rings. The molecule has 4 rings (SSSR count). The number of hydrogen-bond donors (Lipinski definition) is 3. The molecule has 0 spiro atoms. The van der Waals surface area contributed by atoms with Crippen LogP contribution in [-0.2, 0) is 23.4 Å². The van der Waals surface area contributed by atoms with Crippen molar-refractivity contribution in [1.82, 2.24) is 24.6 Å². The molecule has 1 fully saturated rings. The quantitative estimate of drug-likeness (QED) is 0.137. The lowest BCUT2D eigenvalue weighted by Gasteiger charge is -2.29. The van der Waals surface area contributed by atoms with E-state index in [2.05, 4.69) is 26.0 Å². The molecule has 0 amide bonds. The summed E-state index contributed by atoms with van der Waals surface area (Å²) in [6, 6.07) is 7.04. The minimum Gasteiger partial charge on any atom is -0.464 e. The molecule has 5 atom stereocenters. The van der Waals surface area contributed by atoms with Gasteiger partial charge in [-0.25, -0.2) is 9.55 Å². The number of rotatable bonds is 10. The van der Waals surface area contributed by atoms with E-state index in [4.69, 9.17) is 30.7 Å². The second kappa shape index (κ2) is 11.7. The van der Waals surface area contributed by atoms with Crippen LogP contribution in [0.5, 0.6) is 5.75 Å². The number of halogens is 1. The molecule has 2 aromatic heterocycles. The Morgan fingerprint density at radius 3 is 2.76 bits per heavy atom. The number of aromatic nitrogens is 4. The number of ether oxygens (including phenoxy) is 2. The second-order valence-electron chi connectivity index (χ2n) is 10.8. The number of imidazole rings is 1. The van der Waals surface area contributed by atoms with Gasteiger partial charge in [0.1, 0.15) is 30.7 Å². The van der Waals surface area contributed by atoms with Gasteiger partial charge in [-0.05, 0) is 24.5 Å². The number of para-hydroxylation sites is 1. The molecule has 0 radical (unpaired) electrons. The number of aliphatic hydroxyl groups is 1. The number of carbonyl (C=O) groups is 1. The predicted molar refractivity (Wildman–Crippen MR) is 146 cm³/mol. The first-order valence-corrected chi connectivity index (χ1v) is 14.2. The van der Waals surface area contributed by atoms with Crippen LogP contribution in [0.4, 0.5) is 10.2 Å². The van der Waals surface area contributed by atoms with E-state index in [0.717, 1.165) is 0 Å². The zero-order chi connectivity index (χ0) is 30.0. The van der Waals surface area contributed by atoms with Gasteiger partial charge >= 0.3 is 19.8 Å². The molecular formula is C26H32FN6O7P. The summed E-state index contributed by atoms with van der Waals surface area (Å²) in [6.45, 7) is 6.66. The van der Waals surface area contributed by atoms with Crippen LogP contribution >= 0.6 is 7.75 Å². The lowest BCUT2D eigenvalue weighted by atomic mass is 9.99. The lowest BCUT2D eigenvalue weighted by Crippen LogP contribution is -2.44. The molecule has 1 saturated heterocycles. The summed E-state index contributed by atoms with van der Waals surface area (Å²) >= 11 is 0. The third-order valence-electron chi connectivity index (χ3n) is 6.06. The fourth-order valence-electron chi connectivity index (χ4n) is 3.94. The van der Waals surface area contributed by atoms with E-state index in [0.29, 0.717) is 0 Å². The summed E-state index contributed by atoms with van der Waals surface area (Å²) in [5.74, 6) is 1.72. The Balaban J connectivity index is 1.55. The van der Waals surface area contributed by atoms with Crippen molar-refractivity contribution in [3.05, 3.63) is 42.7 Å². The lowest BCUT2D eigenvalue weighted by molar-refractivity contribution is -0.148. The number of hydrogen-bond acceptors (Lipinski definition) is 11. The van der Waals surface area contributed by atoms with E-state index in [-0.39, 0.29) is 41.2 Å². The van der Waals surface area contributed by atoms with Gasteiger partial charge in [-0.2, -0.15) is 19.4 Å². The molecule has 3 heterocycles. The Hall–Kier alpha value is -3.60. The molecule has 41 heavy (non-hydrogen) atoms. The third-order valence-corrected chi connectivity index (χ3v) is 7.68. The van der Waals surface area contributed by atoms with Crippen LogP contribution < -0.4 is 15.3 Å². The van der Waals surface area contributed by atoms with Gasteiger partial charge in [-0.3, -0.25) is 13.9 Å². The maximum Gasteiger partial charge on any atom is 0.459 e. The molecule has 0 saturated carbocycles. The van der Waals surface area contributed by atoms with Crippen LogP contribution in [0.15, 0.2) is 36.7 Å². The van der Waals surface area contributed by atoms with E-state index < -0.39 is 50.4 Å². The van der Waals surface area contributed by atoms with Gasteiger partial charge in [0.25, 0.3) is 0 Å². The number of aliphatic hydroxyl groups excluding tert-OH is 1. The highest BCUT2D eigenvalue weighted by atomic mass is 31.2. The van der Waals surface area contributed by atoms with Crippen molar-refractivity contribution in [1.29, 1.82) is 0 Å². The highest BCUT2D eigenvalue weighted by Crippen LogP contribution is 2.48. The molecule has 220 valence electrons. The van der Waals surface area contributed by atoms with E-state index in [1.165, 1.54) is 17.8 Å². The highest BCUT2D eigenvalue weighted by Gasteiger charge is 2.50. The standard InChI is InChI=1S/C26H32FN6O7P/c1-6-26(18(34)12-19(39-26)33-15-29-20-21(28)30-24(27)31-22(20)33)14-38-41(36,40-17-10-8-7-9-11-17)32-16(2)23(35)37-13-25(3,4)5/h1,7-11,15-16,18-19,34H,12-14H2,2-5H3,(H,32,36)(H2,28,30,31)/t16-,18-,19+,26+,41?/m0/s1. The van der Waals surface area contributed by atoms with Crippen molar-refractivity contribution >= 4 is 30.7 Å². The van der Waals surface area contributed by atoms with Gasteiger partial charge < -0.3 is 24.8 Å². The molecule has 1 aliphatic heterocycles. The number of nitrogens with zero attached hydrogens (tertiary/aromatic N) is 4. The Morgan fingerprint density at radius 2 is 2.10 bits per heavy atom. The van der Waals surface area contributed by atoms with Crippen molar-refractivity contribution in [2.45, 2.75) is 58.1 Å². The monoisotopic (exact) mass is 590 g/mol. The van der Waals surface area contributed by atoms with Gasteiger partial charge in [0.05, 0.1) is 12.9 Å². The Labute approximate surface area is 236 Å². The van der Waals surface area contributed by atoms with Crippen LogP contribution in [0.2, 0.25) is 0 Å². The average molecular weight is 591 g/mol. The van der Waals surface area contributed by atoms with Crippen LogP contribution in [-0.4, -0.2) is 61.6 Å². The number of nitrogens with two attached hydrogens (primary N) is 1.